The molecular formula is C22H25GeO2PS2. The molecule has 0 amide bonds. The zero-order valence-corrected chi connectivity index (χ0v) is 20.8. The van der Waals surface area contributed by atoms with Crippen LogP contribution >= 0.6 is 15.4 Å². The zero-order chi connectivity index (χ0) is 19.9. The van der Waals surface area contributed by atoms with Crippen LogP contribution in [0.5, 0.6) is 0 Å². The summed E-state index contributed by atoms with van der Waals surface area (Å²) in [5, 5.41) is 0. The van der Waals surface area contributed by atoms with Crippen molar-refractivity contribution in [1.82, 2.24) is 0 Å². The van der Waals surface area contributed by atoms with E-state index in [-0.39, 0.29) is 0 Å². The molecule has 0 saturated heterocycles. The Bertz CT molecular complexity index is 801. The van der Waals surface area contributed by atoms with Crippen LogP contribution in [0.4, 0.5) is 0 Å². The zero-order valence-electron chi connectivity index (χ0n) is 16.2. The van der Waals surface area contributed by atoms with E-state index in [2.05, 4.69) is 91.0 Å². The summed E-state index contributed by atoms with van der Waals surface area (Å²) >= 11 is 2.80. The van der Waals surface area contributed by atoms with Crippen molar-refractivity contribution in [3.05, 3.63) is 91.0 Å². The normalized spacial score (nSPS) is 12.1. The third-order valence-electron chi connectivity index (χ3n) is 4.36. The fraction of sp³-hybridized carbons (Fsp3) is 0.182. The van der Waals surface area contributed by atoms with Gasteiger partial charge in [-0.1, -0.05) is 0 Å². The van der Waals surface area contributed by atoms with Gasteiger partial charge in [0.05, 0.1) is 0 Å². The standard InChI is InChI=1S/C22H25GeO2PS2/c1-3-24-26(27,25-4-2)28-23(20-14-8-5-9-15-20,21-16-10-6-11-17-21)22-18-12-7-13-19-22/h5-19H,3-4H2,1-2H3. The second-order valence-corrected chi connectivity index (χ2v) is 25.0. The van der Waals surface area contributed by atoms with Crippen molar-refractivity contribution >= 4 is 52.5 Å². The van der Waals surface area contributed by atoms with Gasteiger partial charge < -0.3 is 0 Å². The van der Waals surface area contributed by atoms with E-state index in [4.69, 9.17) is 20.9 Å². The molecule has 6 heteroatoms. The molecule has 0 aliphatic heterocycles. The van der Waals surface area contributed by atoms with E-state index < -0.39 is 17.8 Å². The molecule has 3 aromatic carbocycles. The average molecular weight is 489 g/mol. The predicted octanol–water partition coefficient (Wildman–Crippen LogP) is 4.68. The van der Waals surface area contributed by atoms with Gasteiger partial charge in [-0.05, 0) is 0 Å². The first kappa shape index (κ1) is 21.8. The van der Waals surface area contributed by atoms with Gasteiger partial charge >= 0.3 is 180 Å². The van der Waals surface area contributed by atoms with Gasteiger partial charge in [-0.3, -0.25) is 0 Å². The Labute approximate surface area is 179 Å². The molecule has 0 bridgehead atoms. The Morgan fingerprint density at radius 1 is 0.679 bits per heavy atom. The van der Waals surface area contributed by atoms with Crippen molar-refractivity contribution < 1.29 is 9.05 Å². The maximum absolute atomic E-state index is 6.10. The molecule has 0 fully saturated rings. The molecule has 0 heterocycles. The van der Waals surface area contributed by atoms with Gasteiger partial charge in [0.2, 0.25) is 0 Å². The Kier molecular flexibility index (Phi) is 7.98. The van der Waals surface area contributed by atoms with Crippen LogP contribution < -0.4 is 13.2 Å². The monoisotopic (exact) mass is 490 g/mol. The Hall–Kier alpha value is -0.877. The minimum absolute atomic E-state index is 0.557. The van der Waals surface area contributed by atoms with Crippen molar-refractivity contribution in [2.24, 2.45) is 0 Å². The van der Waals surface area contributed by atoms with Crippen molar-refractivity contribution in [3.63, 3.8) is 0 Å². The molecule has 3 aromatic rings. The Balaban J connectivity index is 2.29. The van der Waals surface area contributed by atoms with E-state index in [1.54, 1.807) is 0 Å². The fourth-order valence-corrected chi connectivity index (χ4v) is 36.2. The number of benzene rings is 3. The number of hydrogen-bond donors (Lipinski definition) is 0. The molecule has 2 nitrogen and oxygen atoms in total. The molecule has 0 unspecified atom stereocenters. The maximum atomic E-state index is 6.10. The van der Waals surface area contributed by atoms with E-state index in [1.165, 1.54) is 13.2 Å². The van der Waals surface area contributed by atoms with Gasteiger partial charge in [0.1, 0.15) is 0 Å². The van der Waals surface area contributed by atoms with Crippen LogP contribution in [-0.4, -0.2) is 25.3 Å². The Morgan fingerprint density at radius 2 is 1.00 bits per heavy atom. The molecule has 0 N–H and O–H groups in total. The van der Waals surface area contributed by atoms with Gasteiger partial charge in [-0.2, -0.15) is 0 Å². The third-order valence-corrected chi connectivity index (χ3v) is 32.5. The number of hydrogen-bond acceptors (Lipinski definition) is 4. The van der Waals surface area contributed by atoms with Gasteiger partial charge in [0, 0.05) is 0 Å². The van der Waals surface area contributed by atoms with Gasteiger partial charge in [0.25, 0.3) is 0 Å². The molecule has 3 rings (SSSR count). The SMILES string of the molecule is CCOP(=S)(OCC)[S][Ge]([c]1ccccc1)([c]1ccccc1)[c]1ccccc1. The van der Waals surface area contributed by atoms with Gasteiger partial charge in [-0.15, -0.1) is 0 Å². The topological polar surface area (TPSA) is 18.5 Å². The summed E-state index contributed by atoms with van der Waals surface area (Å²) in [5.41, 5.74) is -2.50. The first-order chi connectivity index (χ1) is 13.6. The predicted molar refractivity (Wildman–Crippen MR) is 129 cm³/mol. The molecule has 0 radical (unpaired) electrons. The third kappa shape index (κ3) is 4.81. The van der Waals surface area contributed by atoms with E-state index in [0.717, 1.165) is 0 Å². The van der Waals surface area contributed by atoms with Crippen LogP contribution in [0.2, 0.25) is 0 Å². The molecular weight excluding hydrogens is 464 g/mol. The second-order valence-electron chi connectivity index (χ2n) is 6.15. The van der Waals surface area contributed by atoms with Crippen LogP contribution in [0.3, 0.4) is 0 Å². The summed E-state index contributed by atoms with van der Waals surface area (Å²) in [6.07, 6.45) is 0. The fourth-order valence-electron chi connectivity index (χ4n) is 3.25. The number of rotatable bonds is 9. The molecule has 0 atom stereocenters. The summed E-state index contributed by atoms with van der Waals surface area (Å²) in [4.78, 5) is 0. The van der Waals surface area contributed by atoms with Crippen LogP contribution in [0.15, 0.2) is 91.0 Å². The van der Waals surface area contributed by atoms with Crippen molar-refractivity contribution in [2.75, 3.05) is 13.2 Å². The molecule has 0 aliphatic carbocycles. The summed E-state index contributed by atoms with van der Waals surface area (Å²) in [7, 11) is 1.82. The van der Waals surface area contributed by atoms with Crippen LogP contribution in [0, 0.1) is 0 Å². The van der Waals surface area contributed by atoms with Gasteiger partial charge in [-0.25, -0.2) is 0 Å². The first-order valence-electron chi connectivity index (χ1n) is 9.41. The Morgan fingerprint density at radius 3 is 1.29 bits per heavy atom. The summed E-state index contributed by atoms with van der Waals surface area (Å²) < 4.78 is 16.2. The van der Waals surface area contributed by atoms with Gasteiger partial charge in [0.15, 0.2) is 0 Å². The summed E-state index contributed by atoms with van der Waals surface area (Å²) in [6.45, 7) is 5.09. The molecule has 28 heavy (non-hydrogen) atoms. The van der Waals surface area contributed by atoms with Crippen LogP contribution in [0.25, 0.3) is 0 Å². The van der Waals surface area contributed by atoms with Crippen LogP contribution in [-0.2, 0) is 20.9 Å². The van der Waals surface area contributed by atoms with E-state index >= 15 is 0 Å². The second kappa shape index (κ2) is 10.2. The quantitative estimate of drug-likeness (QED) is 0.321. The molecule has 0 aromatic heterocycles. The molecule has 0 saturated carbocycles. The minimum atomic E-state index is -3.22. The first-order valence-corrected chi connectivity index (χ1v) is 19.2. The summed E-state index contributed by atoms with van der Waals surface area (Å²) in [5.74, 6) is 0. The van der Waals surface area contributed by atoms with E-state index in [0.29, 0.717) is 13.2 Å². The average Bonchev–Trinajstić information content (AvgIpc) is 2.74. The van der Waals surface area contributed by atoms with E-state index in [9.17, 15) is 0 Å². The van der Waals surface area contributed by atoms with Crippen molar-refractivity contribution in [3.8, 4) is 0 Å². The van der Waals surface area contributed by atoms with Crippen molar-refractivity contribution in [1.29, 1.82) is 0 Å². The van der Waals surface area contributed by atoms with Crippen LogP contribution in [0.1, 0.15) is 13.8 Å². The van der Waals surface area contributed by atoms with Crippen molar-refractivity contribution in [2.45, 2.75) is 13.8 Å². The molecule has 146 valence electrons. The molecule has 0 aliphatic rings. The summed E-state index contributed by atoms with van der Waals surface area (Å²) in [6, 6.07) is 32.4. The van der Waals surface area contributed by atoms with E-state index in [1.807, 2.05) is 23.6 Å². The molecule has 0 spiro atoms.